The summed E-state index contributed by atoms with van der Waals surface area (Å²) in [5.74, 6) is 0. The maximum atomic E-state index is 9.95. The molecule has 4 nitrogen and oxygen atoms in total. The lowest BCUT2D eigenvalue weighted by molar-refractivity contribution is -0.105. The normalized spacial score (nSPS) is 8.82. The van der Waals surface area contributed by atoms with Crippen molar-refractivity contribution in [2.45, 2.75) is 0 Å². The number of hydrogen-bond donors (Lipinski definition) is 3. The molecule has 0 aliphatic carbocycles. The highest BCUT2D eigenvalue weighted by Crippen LogP contribution is 2.11. The van der Waals surface area contributed by atoms with Crippen LogP contribution in [-0.2, 0) is 4.79 Å². The monoisotopic (exact) mass is 152 g/mol. The fourth-order valence-corrected chi connectivity index (χ4v) is 0.709. The molecular formula is C7H8N2O2. The molecule has 11 heavy (non-hydrogen) atoms. The van der Waals surface area contributed by atoms with E-state index < -0.39 is 0 Å². The minimum absolute atomic E-state index is 0.585. The van der Waals surface area contributed by atoms with Gasteiger partial charge in [0.2, 0.25) is 6.41 Å². The van der Waals surface area contributed by atoms with Crippen LogP contribution in [0.4, 0.5) is 11.4 Å². The van der Waals surface area contributed by atoms with Crippen molar-refractivity contribution >= 4 is 17.8 Å². The van der Waals surface area contributed by atoms with Crippen molar-refractivity contribution < 1.29 is 10.0 Å². The van der Waals surface area contributed by atoms with Crippen LogP contribution in [0.15, 0.2) is 24.3 Å². The molecule has 4 heteroatoms. The number of nitrogens with one attached hydrogen (secondary N) is 2. The van der Waals surface area contributed by atoms with Gasteiger partial charge in [-0.2, -0.15) is 0 Å². The highest BCUT2D eigenvalue weighted by Gasteiger charge is 1.89. The lowest BCUT2D eigenvalue weighted by atomic mass is 10.3. The number of carbonyl (C=O) groups excluding carboxylic acids is 1. The van der Waals surface area contributed by atoms with E-state index in [1.54, 1.807) is 24.3 Å². The van der Waals surface area contributed by atoms with Crippen LogP contribution in [-0.4, -0.2) is 11.6 Å². The lowest BCUT2D eigenvalue weighted by Gasteiger charge is -1.99. The van der Waals surface area contributed by atoms with Gasteiger partial charge in [-0.25, -0.2) is 0 Å². The van der Waals surface area contributed by atoms with Crippen molar-refractivity contribution in [2.24, 2.45) is 0 Å². The molecule has 0 spiro atoms. The van der Waals surface area contributed by atoms with Gasteiger partial charge in [-0.15, -0.1) is 0 Å². The van der Waals surface area contributed by atoms with Crippen LogP contribution in [0, 0.1) is 0 Å². The average molecular weight is 152 g/mol. The molecule has 0 fully saturated rings. The van der Waals surface area contributed by atoms with E-state index in [2.05, 4.69) is 5.32 Å². The zero-order chi connectivity index (χ0) is 8.10. The third kappa shape index (κ3) is 1.94. The second-order valence-electron chi connectivity index (χ2n) is 1.95. The summed E-state index contributed by atoms with van der Waals surface area (Å²) in [5.41, 5.74) is 3.26. The maximum Gasteiger partial charge on any atom is 0.211 e. The van der Waals surface area contributed by atoms with Gasteiger partial charge in [0.05, 0.1) is 5.69 Å². The molecule has 1 amide bonds. The Balaban J connectivity index is 2.74. The first-order valence-corrected chi connectivity index (χ1v) is 3.07. The van der Waals surface area contributed by atoms with Crippen LogP contribution in [0.5, 0.6) is 0 Å². The summed E-state index contributed by atoms with van der Waals surface area (Å²) in [6.45, 7) is 0. The summed E-state index contributed by atoms with van der Waals surface area (Å²) in [6.07, 6.45) is 0.599. The molecule has 0 heterocycles. The first kappa shape index (κ1) is 7.56. The molecule has 3 N–H and O–H groups in total. The molecule has 1 rings (SSSR count). The van der Waals surface area contributed by atoms with Crippen LogP contribution >= 0.6 is 0 Å². The minimum Gasteiger partial charge on any atom is -0.329 e. The van der Waals surface area contributed by atoms with E-state index in [9.17, 15) is 4.79 Å². The van der Waals surface area contributed by atoms with E-state index in [0.717, 1.165) is 0 Å². The quantitative estimate of drug-likeness (QED) is 0.448. The van der Waals surface area contributed by atoms with E-state index >= 15 is 0 Å². The largest absolute Gasteiger partial charge is 0.329 e. The molecule has 0 aliphatic heterocycles. The Morgan fingerprint density at radius 1 is 1.18 bits per heavy atom. The smallest absolute Gasteiger partial charge is 0.211 e. The first-order chi connectivity index (χ1) is 5.36. The number of anilines is 2. The van der Waals surface area contributed by atoms with Gasteiger partial charge < -0.3 is 5.32 Å². The van der Waals surface area contributed by atoms with Gasteiger partial charge in [0.25, 0.3) is 0 Å². The van der Waals surface area contributed by atoms with Gasteiger partial charge in [0, 0.05) is 5.69 Å². The Labute approximate surface area is 63.8 Å². The van der Waals surface area contributed by atoms with Gasteiger partial charge in [-0.3, -0.25) is 15.5 Å². The zero-order valence-electron chi connectivity index (χ0n) is 5.74. The number of rotatable bonds is 3. The summed E-state index contributed by atoms with van der Waals surface area (Å²) in [5, 5.41) is 10.9. The zero-order valence-corrected chi connectivity index (χ0v) is 5.74. The molecule has 0 aliphatic rings. The summed E-state index contributed by atoms with van der Waals surface area (Å²) in [7, 11) is 0. The van der Waals surface area contributed by atoms with Gasteiger partial charge in [-0.05, 0) is 24.3 Å². The molecule has 1 aromatic rings. The van der Waals surface area contributed by atoms with Crippen LogP contribution < -0.4 is 10.8 Å². The van der Waals surface area contributed by atoms with Crippen molar-refractivity contribution in [2.75, 3.05) is 10.8 Å². The topological polar surface area (TPSA) is 61.4 Å². The molecule has 1 aromatic carbocycles. The van der Waals surface area contributed by atoms with E-state index in [4.69, 9.17) is 5.21 Å². The third-order valence-corrected chi connectivity index (χ3v) is 1.24. The highest BCUT2D eigenvalue weighted by atomic mass is 16.5. The van der Waals surface area contributed by atoms with Crippen molar-refractivity contribution in [3.05, 3.63) is 24.3 Å². The van der Waals surface area contributed by atoms with Crippen LogP contribution in [0.1, 0.15) is 0 Å². The molecule has 0 atom stereocenters. The second-order valence-corrected chi connectivity index (χ2v) is 1.95. The number of hydrogen-bond acceptors (Lipinski definition) is 3. The molecule has 0 bridgehead atoms. The van der Waals surface area contributed by atoms with Crippen molar-refractivity contribution in [3.63, 3.8) is 0 Å². The summed E-state index contributed by atoms with van der Waals surface area (Å²) in [6, 6.07) is 6.64. The van der Waals surface area contributed by atoms with Gasteiger partial charge in [-0.1, -0.05) is 0 Å². The van der Waals surface area contributed by atoms with Crippen LogP contribution in [0.2, 0.25) is 0 Å². The lowest BCUT2D eigenvalue weighted by Crippen LogP contribution is -1.94. The van der Waals surface area contributed by atoms with Crippen molar-refractivity contribution in [3.8, 4) is 0 Å². The first-order valence-electron chi connectivity index (χ1n) is 3.07. The molecule has 0 unspecified atom stereocenters. The number of carbonyl (C=O) groups is 1. The van der Waals surface area contributed by atoms with E-state index in [1.807, 2.05) is 5.48 Å². The summed E-state index contributed by atoms with van der Waals surface area (Å²) >= 11 is 0. The van der Waals surface area contributed by atoms with E-state index in [1.165, 1.54) is 0 Å². The maximum absolute atomic E-state index is 9.95. The predicted octanol–water partition coefficient (Wildman–Crippen LogP) is 1.06. The van der Waals surface area contributed by atoms with Crippen molar-refractivity contribution in [1.29, 1.82) is 0 Å². The van der Waals surface area contributed by atoms with Gasteiger partial charge in [0.1, 0.15) is 0 Å². The Bertz CT molecular complexity index is 233. The predicted molar refractivity (Wildman–Crippen MR) is 41.5 cm³/mol. The number of benzene rings is 1. The molecule has 0 radical (unpaired) electrons. The van der Waals surface area contributed by atoms with E-state index in [-0.39, 0.29) is 0 Å². The SMILES string of the molecule is O=CNc1ccc(NO)cc1. The van der Waals surface area contributed by atoms with E-state index in [0.29, 0.717) is 17.8 Å². The van der Waals surface area contributed by atoms with Crippen LogP contribution in [0.3, 0.4) is 0 Å². The van der Waals surface area contributed by atoms with Crippen molar-refractivity contribution in [1.82, 2.24) is 0 Å². The Hall–Kier alpha value is -1.55. The standard InChI is InChI=1S/C7H8N2O2/c10-5-8-6-1-3-7(9-11)4-2-6/h1-5,9,11H,(H,8,10). The molecule has 58 valence electrons. The summed E-state index contributed by atoms with van der Waals surface area (Å²) < 4.78 is 0. The van der Waals surface area contributed by atoms with Gasteiger partial charge in [0.15, 0.2) is 0 Å². The Morgan fingerprint density at radius 3 is 2.18 bits per heavy atom. The molecular weight excluding hydrogens is 144 g/mol. The molecule has 0 saturated heterocycles. The fourth-order valence-electron chi connectivity index (χ4n) is 0.709. The second kappa shape index (κ2) is 3.58. The van der Waals surface area contributed by atoms with Crippen LogP contribution in [0.25, 0.3) is 0 Å². The molecule has 0 aromatic heterocycles. The Kier molecular flexibility index (Phi) is 2.46. The van der Waals surface area contributed by atoms with Gasteiger partial charge >= 0.3 is 0 Å². The minimum atomic E-state index is 0.585. The molecule has 0 saturated carbocycles. The number of amides is 1. The highest BCUT2D eigenvalue weighted by molar-refractivity contribution is 5.71. The fraction of sp³-hybridized carbons (Fsp3) is 0. The Morgan fingerprint density at radius 2 is 1.73 bits per heavy atom. The summed E-state index contributed by atoms with van der Waals surface area (Å²) in [4.78, 5) is 9.95. The third-order valence-electron chi connectivity index (χ3n) is 1.24. The average Bonchev–Trinajstić information content (AvgIpc) is 2.07.